The van der Waals surface area contributed by atoms with E-state index in [1.165, 1.54) is 12.8 Å². The minimum Gasteiger partial charge on any atom is -1.00 e. The van der Waals surface area contributed by atoms with E-state index in [0.29, 0.717) is 42.3 Å². The molecule has 0 radical (unpaired) electrons. The number of phenols is 1. The summed E-state index contributed by atoms with van der Waals surface area (Å²) in [5.74, 6) is 2.57. The average Bonchev–Trinajstić information content (AvgIpc) is 0.847. The number of carbonyl (C=O) groups excluding carboxylic acids is 1. The third-order valence-corrected chi connectivity index (χ3v) is 34.4. The maximum atomic E-state index is 9.63. The number of aromatic hydroxyl groups is 1. The number of aliphatic hydroxyl groups excluding tert-OH is 1. The predicted octanol–water partition coefficient (Wildman–Crippen LogP) is 13.2. The molecule has 13 rings (SSSR count). The van der Waals surface area contributed by atoms with E-state index < -0.39 is 25.0 Å². The van der Waals surface area contributed by atoms with Crippen molar-refractivity contribution in [2.75, 3.05) is 64.8 Å². The van der Waals surface area contributed by atoms with Gasteiger partial charge in [0.25, 0.3) is 6.47 Å². The van der Waals surface area contributed by atoms with E-state index in [1.54, 1.807) is 12.1 Å². The second kappa shape index (κ2) is 48.2. The smallest absolute Gasteiger partial charge is 1.00 e. The Balaban J connectivity index is 0.000000296. The Bertz CT molecular complexity index is 4920. The standard InChI is InChI=1S/C23H33N2O2Si.C21H28N2O2Si.C17H19N2O2.C12H8N2O.C9H21BrOSi.C4H8O.CH2O3.2K.H/c1-7-25-19-13-9-8-12-18(19)24-22-20(25)14-10-15-21(22)26-16-11-17-27-28(5,6)23(2,3)4;1-21(2,3)26(4,5)25-15-9-14-24-19-13-8-12-18-20(19)23-17-11-7-6-10-16(17)22-18;1-2-19-14-8-4-3-7-13(14)18-17-15(19)9-5-10-16(17)21-12-6-11-20;15-11-7-3-6-10-12(11)14-9-5-2-1-4-8(9)13-10;1-9(2,3)12(4,5)11-8-6-7-10;1-2-4-5-3-1;2-1-4-3;;;/h8-10,12-15H,7,11,16-17H2,1-6H3;6-8,10-13H,9,14-15H2,1-5H3;3-5,7-10,20H,2,6,11-12H2,1H3;1-7,15H;6-8H2,1-5H3;1-4H2;1,3H;;;/q+1;;+1;;;;;2*+1;-1/p-1. The summed E-state index contributed by atoms with van der Waals surface area (Å²) in [4.78, 5) is 39.1. The molecule has 0 unspecified atom stereocenters. The molecule has 1 aliphatic rings. The molecule has 0 spiro atoms. The summed E-state index contributed by atoms with van der Waals surface area (Å²) in [5.41, 5.74) is 14.6. The quantitative estimate of drug-likeness (QED) is 0.00884. The number of hydrogen-bond acceptors (Lipinski definition) is 18. The molecule has 8 aromatic carbocycles. The van der Waals surface area contributed by atoms with Crippen LogP contribution in [0.1, 0.15) is 116 Å². The molecule has 0 aliphatic carbocycles. The molecule has 4 aromatic heterocycles. The number of ether oxygens (including phenoxy) is 4. The Morgan fingerprint density at radius 1 is 0.434 bits per heavy atom. The van der Waals surface area contributed by atoms with Crippen LogP contribution in [0.25, 0.3) is 88.3 Å². The van der Waals surface area contributed by atoms with Gasteiger partial charge in [-0.05, 0) is 160 Å². The third-order valence-electron chi connectivity index (χ3n) is 20.3. The molecule has 26 heteroatoms. The number of alkyl halides is 1. The van der Waals surface area contributed by atoms with Gasteiger partial charge in [-0.3, -0.25) is 4.79 Å². The number of halogens is 1. The molecule has 12 aromatic rings. The van der Waals surface area contributed by atoms with E-state index in [2.05, 4.69) is 197 Å². The largest absolute Gasteiger partial charge is 1.00 e. The molecule has 2 N–H and O–H groups in total. The topological polar surface area (TPSA) is 240 Å². The van der Waals surface area contributed by atoms with Crippen LogP contribution in [0, 0.1) is 0 Å². The summed E-state index contributed by atoms with van der Waals surface area (Å²) in [6.45, 7) is 46.3. The van der Waals surface area contributed by atoms with Crippen molar-refractivity contribution >= 4 is 136 Å². The number of aryl methyl sites for hydroxylation is 2. The Kier molecular flexibility index (Phi) is 42.0. The van der Waals surface area contributed by atoms with Crippen LogP contribution in [0.4, 0.5) is 0 Å². The average molecular weight is 1710 g/mol. The Morgan fingerprint density at radius 3 is 1.11 bits per heavy atom. The van der Waals surface area contributed by atoms with E-state index in [0.717, 1.165) is 165 Å². The van der Waals surface area contributed by atoms with Crippen molar-refractivity contribution in [1.29, 1.82) is 0 Å². The van der Waals surface area contributed by atoms with Crippen LogP contribution in [0.3, 0.4) is 0 Å². The summed E-state index contributed by atoms with van der Waals surface area (Å²) in [6, 6.07) is 55.2. The Labute approximate surface area is 767 Å². The van der Waals surface area contributed by atoms with E-state index in [9.17, 15) is 5.11 Å². The Morgan fingerprint density at radius 2 is 0.743 bits per heavy atom. The second-order valence-electron chi connectivity index (χ2n) is 31.3. The van der Waals surface area contributed by atoms with E-state index in [1.807, 2.05) is 121 Å². The predicted molar refractivity (Wildman–Crippen MR) is 460 cm³/mol. The van der Waals surface area contributed by atoms with Crippen LogP contribution in [-0.2, 0) is 40.8 Å². The summed E-state index contributed by atoms with van der Waals surface area (Å²) in [5, 5.41) is 28.8. The normalized spacial score (nSPS) is 12.2. The number of hydrogen-bond donors (Lipinski definition) is 2. The summed E-state index contributed by atoms with van der Waals surface area (Å²) >= 11 is 3.40. The number of rotatable bonds is 23. The van der Waals surface area contributed by atoms with Gasteiger partial charge in [-0.15, -0.1) is 0 Å². The molecular formula is C87H119BrK2N8O12Si3+2. The molecule has 0 saturated carbocycles. The molecule has 113 heavy (non-hydrogen) atoms. The van der Waals surface area contributed by atoms with Gasteiger partial charge in [0, 0.05) is 88.5 Å². The number of carbonyl (C=O) groups is 1. The van der Waals surface area contributed by atoms with Gasteiger partial charge >= 0.3 is 103 Å². The maximum Gasteiger partial charge on any atom is 1.00 e. The van der Waals surface area contributed by atoms with Gasteiger partial charge in [0.2, 0.25) is 22.1 Å². The van der Waals surface area contributed by atoms with Gasteiger partial charge in [0.15, 0.2) is 47.5 Å². The van der Waals surface area contributed by atoms with Crippen molar-refractivity contribution < 1.29 is 171 Å². The van der Waals surface area contributed by atoms with Gasteiger partial charge in [0.05, 0.1) is 52.9 Å². The van der Waals surface area contributed by atoms with Gasteiger partial charge in [-0.2, -0.15) is 9.13 Å². The number of phenolic OH excluding ortho intramolecular Hbond substituents is 1. The van der Waals surface area contributed by atoms with Gasteiger partial charge in [0.1, 0.15) is 46.7 Å². The van der Waals surface area contributed by atoms with Crippen molar-refractivity contribution in [2.45, 2.75) is 182 Å². The van der Waals surface area contributed by atoms with Crippen molar-refractivity contribution in [3.05, 3.63) is 170 Å². The van der Waals surface area contributed by atoms with Gasteiger partial charge < -0.3 is 54.0 Å². The van der Waals surface area contributed by atoms with Gasteiger partial charge in [-0.25, -0.2) is 29.9 Å². The molecule has 1 fully saturated rings. The second-order valence-corrected chi connectivity index (χ2v) is 46.6. The zero-order valence-corrected chi connectivity index (χ0v) is 81.2. The van der Waals surface area contributed by atoms with E-state index >= 15 is 0 Å². The fraction of sp³-hybridized carbons (Fsp3) is 0.437. The van der Waals surface area contributed by atoms with Crippen LogP contribution < -0.4 is 131 Å². The van der Waals surface area contributed by atoms with E-state index in [-0.39, 0.29) is 133 Å². The molecule has 1 aliphatic heterocycles. The number of para-hydroxylation sites is 12. The van der Waals surface area contributed by atoms with E-state index in [4.69, 9.17) is 62.3 Å². The van der Waals surface area contributed by atoms with Crippen LogP contribution >= 0.6 is 15.9 Å². The Hall–Kier alpha value is -5.01. The summed E-state index contributed by atoms with van der Waals surface area (Å²) < 4.78 is 45.8. The first kappa shape index (κ1) is 98.6. The summed E-state index contributed by atoms with van der Waals surface area (Å²) in [6.07, 6.45) is 6.04. The number of aliphatic hydroxyl groups is 1. The van der Waals surface area contributed by atoms with Gasteiger partial charge in [-0.1, -0.05) is 151 Å². The van der Waals surface area contributed by atoms with Crippen molar-refractivity contribution in [2.24, 2.45) is 0 Å². The molecule has 0 bridgehead atoms. The van der Waals surface area contributed by atoms with Crippen molar-refractivity contribution in [3.8, 4) is 23.0 Å². The van der Waals surface area contributed by atoms with Crippen molar-refractivity contribution in [3.63, 3.8) is 0 Å². The first-order valence-electron chi connectivity index (χ1n) is 38.6. The maximum absolute atomic E-state index is 9.63. The first-order valence-corrected chi connectivity index (χ1v) is 48.5. The fourth-order valence-electron chi connectivity index (χ4n) is 11.0. The number of aromatic nitrogens is 8. The van der Waals surface area contributed by atoms with Crippen molar-refractivity contribution in [1.82, 2.24) is 29.9 Å². The molecule has 1 saturated heterocycles. The van der Waals surface area contributed by atoms with Crippen LogP contribution in [0.5, 0.6) is 23.0 Å². The third kappa shape index (κ3) is 29.2. The summed E-state index contributed by atoms with van der Waals surface area (Å²) in [7, 11) is -4.84. The molecular weight excluding hydrogens is 1590 g/mol. The first-order chi connectivity index (χ1) is 52.9. The minimum atomic E-state index is -1.69. The minimum absolute atomic E-state index is 0. The fourth-order valence-corrected chi connectivity index (χ4v) is 14.4. The molecule has 0 amide bonds. The number of nitrogens with zero attached hydrogens (tertiary/aromatic N) is 8. The zero-order chi connectivity index (χ0) is 80.8. The SMILES string of the molecule is C1CCOC1.CC(C)(C)[Si](C)(C)OCCCBr.CC(C)(C)[Si](C)(C)OCCCOc1cccc2nc3ccccc3nc12.CC[n+]1c2ccccc2nc2c(OCCCO)cccc21.CC[n+]1c2ccccc2nc2c(OCCCO[Si](C)(C)C(C)(C)C)cccc21.O=CO[O-].Oc1cccc2nc3ccccc3nc12.[H-].[K+].[K+]. The molecule has 598 valence electrons. The number of benzene rings is 8. The number of fused-ring (bicyclic) bond motifs is 8. The molecule has 20 nitrogen and oxygen atoms in total. The van der Waals surface area contributed by atoms with Crippen LogP contribution in [0.15, 0.2) is 170 Å². The molecule has 0 atom stereocenters. The van der Waals surface area contributed by atoms with Crippen LogP contribution in [0.2, 0.25) is 54.4 Å². The zero-order valence-electron chi connectivity index (χ0n) is 71.4. The monoisotopic (exact) mass is 1710 g/mol. The van der Waals surface area contributed by atoms with Crippen LogP contribution in [-0.4, -0.2) is 136 Å². The molecule has 5 heterocycles.